The standard InChI is InChI=1S/C7H11NO3/c1-2-10-6(8)5-3-4-11-7(5)9/h5,8H,2-4H2,1H3. The molecular weight excluding hydrogens is 146 g/mol. The van der Waals surface area contributed by atoms with E-state index in [2.05, 4.69) is 4.74 Å². The first-order chi connectivity index (χ1) is 5.25. The van der Waals surface area contributed by atoms with Crippen molar-refractivity contribution >= 4 is 11.9 Å². The Balaban J connectivity index is 2.46. The predicted molar refractivity (Wildman–Crippen MR) is 38.4 cm³/mol. The molecule has 1 heterocycles. The number of hydrogen-bond donors (Lipinski definition) is 1. The molecule has 4 heteroatoms. The summed E-state index contributed by atoms with van der Waals surface area (Å²) in [7, 11) is 0. The Morgan fingerprint density at radius 1 is 1.91 bits per heavy atom. The Bertz CT molecular complexity index is 179. The lowest BCUT2D eigenvalue weighted by Gasteiger charge is -2.06. The van der Waals surface area contributed by atoms with Crippen LogP contribution in [0.2, 0.25) is 0 Å². The van der Waals surface area contributed by atoms with Gasteiger partial charge in [0.15, 0.2) is 5.90 Å². The lowest BCUT2D eigenvalue weighted by Crippen LogP contribution is -2.21. The second-order valence-electron chi connectivity index (χ2n) is 2.31. The summed E-state index contributed by atoms with van der Waals surface area (Å²) < 4.78 is 9.55. The van der Waals surface area contributed by atoms with Crippen molar-refractivity contribution in [3.63, 3.8) is 0 Å². The molecule has 0 aromatic carbocycles. The summed E-state index contributed by atoms with van der Waals surface area (Å²) in [5, 5.41) is 7.29. The van der Waals surface area contributed by atoms with Crippen molar-refractivity contribution in [1.29, 1.82) is 5.41 Å². The van der Waals surface area contributed by atoms with E-state index in [4.69, 9.17) is 10.1 Å². The molecular formula is C7H11NO3. The first-order valence-electron chi connectivity index (χ1n) is 3.63. The number of nitrogens with one attached hydrogen (secondary N) is 1. The number of carbonyl (C=O) groups excluding carboxylic acids is 1. The second kappa shape index (κ2) is 3.37. The number of rotatable bonds is 2. The van der Waals surface area contributed by atoms with Crippen molar-refractivity contribution in [3.8, 4) is 0 Å². The molecule has 1 N–H and O–H groups in total. The minimum Gasteiger partial charge on any atom is -0.481 e. The Kier molecular flexibility index (Phi) is 2.46. The SMILES string of the molecule is CCOC(=N)C1CCOC1=O. The predicted octanol–water partition coefficient (Wildman–Crippen LogP) is 0.563. The molecule has 11 heavy (non-hydrogen) atoms. The molecule has 0 spiro atoms. The fourth-order valence-corrected chi connectivity index (χ4v) is 0.990. The molecule has 62 valence electrons. The fourth-order valence-electron chi connectivity index (χ4n) is 0.990. The first kappa shape index (κ1) is 8.04. The number of esters is 1. The molecule has 1 saturated heterocycles. The highest BCUT2D eigenvalue weighted by atomic mass is 16.5. The van der Waals surface area contributed by atoms with Crippen LogP contribution in [0.3, 0.4) is 0 Å². The number of ether oxygens (including phenoxy) is 2. The van der Waals surface area contributed by atoms with Crippen LogP contribution in [0.15, 0.2) is 0 Å². The van der Waals surface area contributed by atoms with E-state index in [-0.39, 0.29) is 11.9 Å². The maximum Gasteiger partial charge on any atom is 0.318 e. The van der Waals surface area contributed by atoms with E-state index in [1.165, 1.54) is 0 Å². The third-order valence-corrected chi connectivity index (χ3v) is 1.55. The van der Waals surface area contributed by atoms with E-state index in [9.17, 15) is 4.79 Å². The van der Waals surface area contributed by atoms with Gasteiger partial charge in [-0.15, -0.1) is 0 Å². The summed E-state index contributed by atoms with van der Waals surface area (Å²) in [6.45, 7) is 2.64. The van der Waals surface area contributed by atoms with Gasteiger partial charge in [-0.05, 0) is 6.92 Å². The highest BCUT2D eigenvalue weighted by molar-refractivity contribution is 5.97. The minimum atomic E-state index is -0.449. The molecule has 0 aromatic heterocycles. The number of hydrogen-bond acceptors (Lipinski definition) is 4. The average molecular weight is 157 g/mol. The van der Waals surface area contributed by atoms with E-state index in [1.807, 2.05) is 0 Å². The summed E-state index contributed by atoms with van der Waals surface area (Å²) in [5.74, 6) is -0.742. The third kappa shape index (κ3) is 1.69. The molecule has 1 rings (SSSR count). The van der Waals surface area contributed by atoms with Gasteiger partial charge in [-0.3, -0.25) is 10.2 Å². The van der Waals surface area contributed by atoms with Gasteiger partial charge in [-0.25, -0.2) is 0 Å². The fraction of sp³-hybridized carbons (Fsp3) is 0.714. The monoisotopic (exact) mass is 157 g/mol. The lowest BCUT2D eigenvalue weighted by molar-refractivity contribution is -0.139. The van der Waals surface area contributed by atoms with Crippen molar-refractivity contribution in [2.45, 2.75) is 13.3 Å². The zero-order valence-corrected chi connectivity index (χ0v) is 6.42. The van der Waals surface area contributed by atoms with E-state index >= 15 is 0 Å². The quantitative estimate of drug-likeness (QED) is 0.362. The minimum absolute atomic E-state index is 0.0370. The van der Waals surface area contributed by atoms with Crippen LogP contribution in [-0.4, -0.2) is 25.1 Å². The van der Waals surface area contributed by atoms with Crippen LogP contribution < -0.4 is 0 Å². The van der Waals surface area contributed by atoms with Crippen LogP contribution in [0.4, 0.5) is 0 Å². The molecule has 0 bridgehead atoms. The number of carbonyl (C=O) groups is 1. The Morgan fingerprint density at radius 3 is 3.09 bits per heavy atom. The maximum absolute atomic E-state index is 10.8. The van der Waals surface area contributed by atoms with Crippen molar-refractivity contribution < 1.29 is 14.3 Å². The van der Waals surface area contributed by atoms with Gasteiger partial charge in [-0.1, -0.05) is 0 Å². The Morgan fingerprint density at radius 2 is 2.64 bits per heavy atom. The van der Waals surface area contributed by atoms with Crippen LogP contribution in [0.1, 0.15) is 13.3 Å². The molecule has 0 radical (unpaired) electrons. The van der Waals surface area contributed by atoms with Crippen molar-refractivity contribution in [2.75, 3.05) is 13.2 Å². The normalized spacial score (nSPS) is 23.0. The van der Waals surface area contributed by atoms with Crippen LogP contribution >= 0.6 is 0 Å². The maximum atomic E-state index is 10.8. The topological polar surface area (TPSA) is 59.4 Å². The van der Waals surface area contributed by atoms with Crippen molar-refractivity contribution in [1.82, 2.24) is 0 Å². The molecule has 1 unspecified atom stereocenters. The van der Waals surface area contributed by atoms with E-state index in [1.54, 1.807) is 6.92 Å². The van der Waals surface area contributed by atoms with Gasteiger partial charge in [0, 0.05) is 6.42 Å². The molecule has 1 atom stereocenters. The molecule has 0 aromatic rings. The lowest BCUT2D eigenvalue weighted by atomic mass is 10.1. The number of cyclic esters (lactones) is 1. The highest BCUT2D eigenvalue weighted by Gasteiger charge is 2.31. The largest absolute Gasteiger partial charge is 0.481 e. The second-order valence-corrected chi connectivity index (χ2v) is 2.31. The summed E-state index contributed by atoms with van der Waals surface area (Å²) in [5.41, 5.74) is 0. The smallest absolute Gasteiger partial charge is 0.318 e. The van der Waals surface area contributed by atoms with Crippen LogP contribution in [-0.2, 0) is 14.3 Å². The van der Waals surface area contributed by atoms with E-state index in [0.717, 1.165) is 0 Å². The van der Waals surface area contributed by atoms with Gasteiger partial charge >= 0.3 is 5.97 Å². The Hall–Kier alpha value is -1.06. The van der Waals surface area contributed by atoms with E-state index in [0.29, 0.717) is 19.6 Å². The first-order valence-corrected chi connectivity index (χ1v) is 3.63. The molecule has 4 nitrogen and oxygen atoms in total. The zero-order chi connectivity index (χ0) is 8.27. The molecule has 0 saturated carbocycles. The van der Waals surface area contributed by atoms with Crippen LogP contribution in [0, 0.1) is 11.3 Å². The van der Waals surface area contributed by atoms with Gasteiger partial charge < -0.3 is 9.47 Å². The van der Waals surface area contributed by atoms with Gasteiger partial charge in [-0.2, -0.15) is 0 Å². The molecule has 1 fully saturated rings. The van der Waals surface area contributed by atoms with Gasteiger partial charge in [0.1, 0.15) is 5.92 Å². The average Bonchev–Trinajstić information content (AvgIpc) is 2.36. The Labute approximate surface area is 65.0 Å². The third-order valence-electron chi connectivity index (χ3n) is 1.55. The van der Waals surface area contributed by atoms with Crippen LogP contribution in [0.25, 0.3) is 0 Å². The summed E-state index contributed by atoms with van der Waals surface area (Å²) >= 11 is 0. The van der Waals surface area contributed by atoms with Crippen molar-refractivity contribution in [2.24, 2.45) is 5.92 Å². The molecule has 1 aliphatic heterocycles. The molecule has 1 aliphatic rings. The van der Waals surface area contributed by atoms with Crippen molar-refractivity contribution in [3.05, 3.63) is 0 Å². The van der Waals surface area contributed by atoms with Gasteiger partial charge in [0.05, 0.1) is 13.2 Å². The summed E-state index contributed by atoms with van der Waals surface area (Å²) in [4.78, 5) is 10.8. The molecule has 0 amide bonds. The summed E-state index contributed by atoms with van der Waals surface area (Å²) in [6, 6.07) is 0. The highest BCUT2D eigenvalue weighted by Crippen LogP contribution is 2.15. The molecule has 0 aliphatic carbocycles. The van der Waals surface area contributed by atoms with E-state index < -0.39 is 5.92 Å². The summed E-state index contributed by atoms with van der Waals surface area (Å²) in [6.07, 6.45) is 0.581. The van der Waals surface area contributed by atoms with Crippen LogP contribution in [0.5, 0.6) is 0 Å². The van der Waals surface area contributed by atoms with Gasteiger partial charge in [0.25, 0.3) is 0 Å². The van der Waals surface area contributed by atoms with Gasteiger partial charge in [0.2, 0.25) is 0 Å². The zero-order valence-electron chi connectivity index (χ0n) is 6.42.